The molecule has 0 N–H and O–H groups in total. The summed E-state index contributed by atoms with van der Waals surface area (Å²) in [6, 6.07) is 61.6. The number of hydrogen-bond acceptors (Lipinski definition) is 4. The fraction of sp³-hybridized carbons (Fsp3) is 0. The van der Waals surface area contributed by atoms with E-state index in [1.165, 1.54) is 16.3 Å². The Kier molecular flexibility index (Phi) is 7.43. The quantitative estimate of drug-likeness (QED) is 0.176. The maximum atomic E-state index is 6.20. The van der Waals surface area contributed by atoms with Gasteiger partial charge in [0.05, 0.1) is 11.4 Å². The first-order valence-corrected chi connectivity index (χ1v) is 17.7. The molecule has 3 heterocycles. The molecule has 0 atom stereocenters. The minimum atomic E-state index is 0.672. The molecule has 0 bridgehead atoms. The number of para-hydroxylation sites is 1. The van der Waals surface area contributed by atoms with Crippen LogP contribution in [0.1, 0.15) is 0 Å². The number of rotatable bonds is 6. The van der Waals surface area contributed by atoms with Crippen LogP contribution in [-0.2, 0) is 0 Å². The SMILES string of the molecule is c1ccc(-c2cc(-c3cc(-c4ccc5oc6ccccc6c5c4)cc(-c4cccc5ccccc45)c3)nc(-c3ccc(-c4ccncc4)cc3)n2)cc1. The van der Waals surface area contributed by atoms with Crippen molar-refractivity contribution in [2.24, 2.45) is 0 Å². The lowest BCUT2D eigenvalue weighted by Gasteiger charge is -2.14. The van der Waals surface area contributed by atoms with Gasteiger partial charge >= 0.3 is 0 Å². The van der Waals surface area contributed by atoms with Crippen molar-refractivity contribution in [3.05, 3.63) is 188 Å². The Morgan fingerprint density at radius 1 is 0.340 bits per heavy atom. The maximum Gasteiger partial charge on any atom is 0.160 e. The van der Waals surface area contributed by atoms with Crippen molar-refractivity contribution < 1.29 is 4.42 Å². The third kappa shape index (κ3) is 5.73. The maximum absolute atomic E-state index is 6.20. The van der Waals surface area contributed by atoms with E-state index >= 15 is 0 Å². The van der Waals surface area contributed by atoms with Crippen LogP contribution in [0.2, 0.25) is 0 Å². The fourth-order valence-corrected chi connectivity index (χ4v) is 7.32. The van der Waals surface area contributed by atoms with E-state index in [-0.39, 0.29) is 0 Å². The van der Waals surface area contributed by atoms with Gasteiger partial charge in [0.1, 0.15) is 11.2 Å². The van der Waals surface area contributed by atoms with E-state index in [2.05, 4.69) is 151 Å². The molecule has 3 aromatic heterocycles. The highest BCUT2D eigenvalue weighted by atomic mass is 16.3. The van der Waals surface area contributed by atoms with Crippen molar-refractivity contribution in [1.29, 1.82) is 0 Å². The molecule has 0 fully saturated rings. The van der Waals surface area contributed by atoms with Gasteiger partial charge in [0, 0.05) is 39.9 Å². The number of pyridine rings is 1. The first-order chi connectivity index (χ1) is 26.2. The molecule has 10 aromatic rings. The summed E-state index contributed by atoms with van der Waals surface area (Å²) in [5.41, 5.74) is 13.2. The number of aromatic nitrogens is 3. The second-order valence-electron chi connectivity index (χ2n) is 13.3. The highest BCUT2D eigenvalue weighted by Gasteiger charge is 2.16. The highest BCUT2D eigenvalue weighted by Crippen LogP contribution is 2.39. The van der Waals surface area contributed by atoms with Crippen LogP contribution in [-0.4, -0.2) is 15.0 Å². The summed E-state index contributed by atoms with van der Waals surface area (Å²) in [7, 11) is 0. The Hall–Kier alpha value is -7.17. The normalized spacial score (nSPS) is 11.4. The molecular formula is C49H31N3O. The number of furan rings is 1. The fourth-order valence-electron chi connectivity index (χ4n) is 7.32. The minimum Gasteiger partial charge on any atom is -0.456 e. The van der Waals surface area contributed by atoms with E-state index in [4.69, 9.17) is 14.4 Å². The van der Waals surface area contributed by atoms with Gasteiger partial charge in [-0.15, -0.1) is 0 Å². The average Bonchev–Trinajstić information content (AvgIpc) is 3.62. The van der Waals surface area contributed by atoms with Gasteiger partial charge in [-0.25, -0.2) is 9.97 Å². The molecule has 0 spiro atoms. The molecule has 0 unspecified atom stereocenters. The number of hydrogen-bond donors (Lipinski definition) is 0. The summed E-state index contributed by atoms with van der Waals surface area (Å²) < 4.78 is 6.20. The van der Waals surface area contributed by atoms with Crippen molar-refractivity contribution >= 4 is 32.7 Å². The van der Waals surface area contributed by atoms with Gasteiger partial charge in [0.2, 0.25) is 0 Å². The predicted octanol–water partition coefficient (Wildman–Crippen LogP) is 12.9. The lowest BCUT2D eigenvalue weighted by atomic mass is 9.91. The molecule has 0 aliphatic heterocycles. The number of nitrogens with zero attached hydrogens (tertiary/aromatic N) is 3. The molecule has 4 nitrogen and oxygen atoms in total. The highest BCUT2D eigenvalue weighted by molar-refractivity contribution is 6.06. The van der Waals surface area contributed by atoms with E-state index in [1.54, 1.807) is 0 Å². The molecule has 10 rings (SSSR count). The van der Waals surface area contributed by atoms with Gasteiger partial charge in [-0.05, 0) is 98.8 Å². The van der Waals surface area contributed by atoms with Crippen LogP contribution in [0, 0.1) is 0 Å². The standard InChI is InChI=1S/C49H31N3O/c1-2-10-35(11-3-1)45-31-46(52-49(51-45)36-19-17-32(18-20-36)33-23-25-50-26-24-33)40-28-38(27-39(29-40)42-15-8-12-34-9-4-5-13-41(34)42)37-21-22-48-44(30-37)43-14-6-7-16-47(43)53-48/h1-31H. The van der Waals surface area contributed by atoms with Crippen LogP contribution in [0.25, 0.3) is 100.0 Å². The van der Waals surface area contributed by atoms with Crippen LogP contribution in [0.4, 0.5) is 0 Å². The number of fused-ring (bicyclic) bond motifs is 4. The number of benzene rings is 7. The zero-order valence-electron chi connectivity index (χ0n) is 28.6. The van der Waals surface area contributed by atoms with E-state index in [0.717, 1.165) is 77.8 Å². The van der Waals surface area contributed by atoms with Crippen LogP contribution in [0.3, 0.4) is 0 Å². The van der Waals surface area contributed by atoms with Crippen molar-refractivity contribution in [2.75, 3.05) is 0 Å². The molecule has 0 saturated carbocycles. The molecule has 0 saturated heterocycles. The molecular weight excluding hydrogens is 647 g/mol. The van der Waals surface area contributed by atoms with Crippen molar-refractivity contribution in [3.8, 4) is 67.3 Å². The zero-order chi connectivity index (χ0) is 35.1. The van der Waals surface area contributed by atoms with Crippen LogP contribution in [0.5, 0.6) is 0 Å². The molecule has 4 heteroatoms. The Morgan fingerprint density at radius 3 is 1.81 bits per heavy atom. The molecule has 0 aliphatic rings. The van der Waals surface area contributed by atoms with Gasteiger partial charge < -0.3 is 4.42 Å². The van der Waals surface area contributed by atoms with E-state index in [0.29, 0.717) is 5.82 Å². The van der Waals surface area contributed by atoms with E-state index in [9.17, 15) is 0 Å². The molecule has 53 heavy (non-hydrogen) atoms. The minimum absolute atomic E-state index is 0.672. The molecule has 7 aromatic carbocycles. The predicted molar refractivity (Wildman–Crippen MR) is 217 cm³/mol. The van der Waals surface area contributed by atoms with Gasteiger partial charge in [0.15, 0.2) is 5.82 Å². The lowest BCUT2D eigenvalue weighted by Crippen LogP contribution is -1.97. The van der Waals surface area contributed by atoms with Gasteiger partial charge in [-0.1, -0.05) is 121 Å². The summed E-state index contributed by atoms with van der Waals surface area (Å²) in [6.45, 7) is 0. The molecule has 0 radical (unpaired) electrons. The summed E-state index contributed by atoms with van der Waals surface area (Å²) in [5, 5.41) is 4.62. The topological polar surface area (TPSA) is 51.8 Å². The van der Waals surface area contributed by atoms with Gasteiger partial charge in [-0.3, -0.25) is 4.98 Å². The first-order valence-electron chi connectivity index (χ1n) is 17.7. The summed E-state index contributed by atoms with van der Waals surface area (Å²) in [4.78, 5) is 14.6. The smallest absolute Gasteiger partial charge is 0.160 e. The summed E-state index contributed by atoms with van der Waals surface area (Å²) in [6.07, 6.45) is 3.64. The Bertz CT molecular complexity index is 2930. The second kappa shape index (κ2) is 12.9. The molecule has 0 aliphatic carbocycles. The van der Waals surface area contributed by atoms with E-state index < -0.39 is 0 Å². The Morgan fingerprint density at radius 2 is 0.962 bits per heavy atom. The Labute approximate surface area is 306 Å². The summed E-state index contributed by atoms with van der Waals surface area (Å²) >= 11 is 0. The average molecular weight is 678 g/mol. The van der Waals surface area contributed by atoms with Gasteiger partial charge in [0.25, 0.3) is 0 Å². The van der Waals surface area contributed by atoms with Crippen LogP contribution >= 0.6 is 0 Å². The zero-order valence-corrected chi connectivity index (χ0v) is 28.6. The molecule has 0 amide bonds. The van der Waals surface area contributed by atoms with Gasteiger partial charge in [-0.2, -0.15) is 0 Å². The van der Waals surface area contributed by atoms with Crippen LogP contribution < -0.4 is 0 Å². The third-order valence-corrected chi connectivity index (χ3v) is 9.99. The van der Waals surface area contributed by atoms with Crippen molar-refractivity contribution in [3.63, 3.8) is 0 Å². The molecule has 248 valence electrons. The third-order valence-electron chi connectivity index (χ3n) is 9.99. The first kappa shape index (κ1) is 30.6. The largest absolute Gasteiger partial charge is 0.456 e. The Balaban J connectivity index is 1.18. The van der Waals surface area contributed by atoms with Crippen molar-refractivity contribution in [2.45, 2.75) is 0 Å². The van der Waals surface area contributed by atoms with E-state index in [1.807, 2.05) is 42.7 Å². The lowest BCUT2D eigenvalue weighted by molar-refractivity contribution is 0.669. The summed E-state index contributed by atoms with van der Waals surface area (Å²) in [5.74, 6) is 0.672. The van der Waals surface area contributed by atoms with Crippen LogP contribution in [0.15, 0.2) is 193 Å². The second-order valence-corrected chi connectivity index (χ2v) is 13.3. The van der Waals surface area contributed by atoms with Crippen molar-refractivity contribution in [1.82, 2.24) is 15.0 Å². The monoisotopic (exact) mass is 677 g/mol.